The van der Waals surface area contributed by atoms with Crippen LogP contribution in [0.25, 0.3) is 11.3 Å². The van der Waals surface area contributed by atoms with Gasteiger partial charge in [-0.05, 0) is 42.8 Å². The number of nitrogens with one attached hydrogen (secondary N) is 1. The van der Waals surface area contributed by atoms with Gasteiger partial charge in [-0.1, -0.05) is 35.0 Å². The fourth-order valence-electron chi connectivity index (χ4n) is 3.23. The van der Waals surface area contributed by atoms with Gasteiger partial charge in [0.2, 0.25) is 5.91 Å². The van der Waals surface area contributed by atoms with E-state index in [2.05, 4.69) is 10.5 Å². The van der Waals surface area contributed by atoms with Gasteiger partial charge in [0.05, 0.1) is 13.1 Å². The van der Waals surface area contributed by atoms with Crippen LogP contribution < -0.4 is 5.32 Å². The highest BCUT2D eigenvalue weighted by Gasteiger charge is 2.27. The second-order valence-electron chi connectivity index (χ2n) is 6.56. The van der Waals surface area contributed by atoms with Crippen LogP contribution in [0.1, 0.15) is 21.6 Å². The first-order chi connectivity index (χ1) is 13.6. The van der Waals surface area contributed by atoms with Crippen molar-refractivity contribution in [1.82, 2.24) is 15.4 Å². The van der Waals surface area contributed by atoms with Crippen LogP contribution in [-0.2, 0) is 17.8 Å². The molecule has 2 aromatic carbocycles. The van der Waals surface area contributed by atoms with Crippen molar-refractivity contribution < 1.29 is 14.1 Å². The number of carbonyl (C=O) groups excluding carboxylic acids is 2. The van der Waals surface area contributed by atoms with Crippen molar-refractivity contribution in [3.8, 4) is 11.3 Å². The van der Waals surface area contributed by atoms with E-state index in [1.54, 1.807) is 41.3 Å². The monoisotopic (exact) mass is 395 g/mol. The zero-order valence-corrected chi connectivity index (χ0v) is 15.8. The Balaban J connectivity index is 1.39. The molecule has 6 nitrogen and oxygen atoms in total. The molecule has 7 heteroatoms. The van der Waals surface area contributed by atoms with E-state index in [1.165, 1.54) is 0 Å². The molecule has 0 bridgehead atoms. The summed E-state index contributed by atoms with van der Waals surface area (Å²) in [6.07, 6.45) is 0.648. The molecule has 0 radical (unpaired) electrons. The lowest BCUT2D eigenvalue weighted by molar-refractivity contribution is -0.131. The molecule has 2 heterocycles. The topological polar surface area (TPSA) is 75.4 Å². The molecule has 0 atom stereocenters. The van der Waals surface area contributed by atoms with Crippen molar-refractivity contribution in [3.63, 3.8) is 0 Å². The molecular formula is C21H18ClN3O3. The van der Waals surface area contributed by atoms with E-state index in [-0.39, 0.29) is 18.4 Å². The summed E-state index contributed by atoms with van der Waals surface area (Å²) in [5.41, 5.74) is 3.20. The zero-order chi connectivity index (χ0) is 19.5. The van der Waals surface area contributed by atoms with Crippen LogP contribution in [0.3, 0.4) is 0 Å². The molecule has 2 amide bonds. The average Bonchev–Trinajstić information content (AvgIpc) is 3.16. The summed E-state index contributed by atoms with van der Waals surface area (Å²) < 4.78 is 5.53. The van der Waals surface area contributed by atoms with Crippen molar-refractivity contribution in [2.45, 2.75) is 13.0 Å². The zero-order valence-electron chi connectivity index (χ0n) is 15.0. The van der Waals surface area contributed by atoms with Gasteiger partial charge in [0, 0.05) is 28.3 Å². The second kappa shape index (κ2) is 7.86. The van der Waals surface area contributed by atoms with Gasteiger partial charge in [0.25, 0.3) is 5.91 Å². The lowest BCUT2D eigenvalue weighted by Gasteiger charge is -2.26. The molecule has 1 aromatic heterocycles. The molecule has 0 saturated carbocycles. The summed E-state index contributed by atoms with van der Waals surface area (Å²) in [5.74, 6) is 0.306. The largest absolute Gasteiger partial charge is 0.356 e. The van der Waals surface area contributed by atoms with Crippen molar-refractivity contribution in [2.75, 3.05) is 13.1 Å². The van der Waals surface area contributed by atoms with Crippen molar-refractivity contribution in [1.29, 1.82) is 0 Å². The van der Waals surface area contributed by atoms with Crippen LogP contribution in [0.5, 0.6) is 0 Å². The third kappa shape index (κ3) is 3.77. The Morgan fingerprint density at radius 2 is 1.86 bits per heavy atom. The van der Waals surface area contributed by atoms with Gasteiger partial charge in [0.15, 0.2) is 5.76 Å². The number of aromatic nitrogens is 1. The Kier molecular flexibility index (Phi) is 5.12. The predicted molar refractivity (Wildman–Crippen MR) is 105 cm³/mol. The highest BCUT2D eigenvalue weighted by molar-refractivity contribution is 6.30. The van der Waals surface area contributed by atoms with Gasteiger partial charge in [-0.25, -0.2) is 0 Å². The fourth-order valence-corrected chi connectivity index (χ4v) is 3.36. The third-order valence-corrected chi connectivity index (χ3v) is 4.99. The van der Waals surface area contributed by atoms with Crippen LogP contribution in [0.15, 0.2) is 59.1 Å². The van der Waals surface area contributed by atoms with Crippen molar-refractivity contribution >= 4 is 23.4 Å². The number of nitrogens with zero attached hydrogens (tertiary/aromatic N) is 2. The normalized spacial score (nSPS) is 13.1. The van der Waals surface area contributed by atoms with Crippen molar-refractivity contribution in [3.05, 3.63) is 76.4 Å². The molecule has 4 rings (SSSR count). The maximum absolute atomic E-state index is 12.5. The van der Waals surface area contributed by atoms with E-state index in [4.69, 9.17) is 16.1 Å². The van der Waals surface area contributed by atoms with E-state index in [9.17, 15) is 9.59 Å². The number of benzene rings is 2. The number of halogens is 1. The maximum Gasteiger partial charge on any atom is 0.251 e. The summed E-state index contributed by atoms with van der Waals surface area (Å²) >= 11 is 5.94. The SMILES string of the molecule is O=C(NCC(=O)N1CCc2c(noc2-c2ccc(Cl)cc2)C1)c1ccccc1. The summed E-state index contributed by atoms with van der Waals surface area (Å²) in [4.78, 5) is 26.3. The highest BCUT2D eigenvalue weighted by Crippen LogP contribution is 2.30. The number of rotatable bonds is 4. The Hall–Kier alpha value is -3.12. The molecule has 1 aliphatic heterocycles. The van der Waals surface area contributed by atoms with Gasteiger partial charge >= 0.3 is 0 Å². The molecule has 3 aromatic rings. The van der Waals surface area contributed by atoms with Crippen LogP contribution in [0.4, 0.5) is 0 Å². The van der Waals surface area contributed by atoms with Crippen LogP contribution >= 0.6 is 11.6 Å². The molecular weight excluding hydrogens is 378 g/mol. The summed E-state index contributed by atoms with van der Waals surface area (Å²) in [7, 11) is 0. The molecule has 142 valence electrons. The molecule has 0 fully saturated rings. The number of amides is 2. The van der Waals surface area contributed by atoms with E-state index in [0.717, 1.165) is 22.6 Å². The standard InChI is InChI=1S/C21H18ClN3O3/c22-16-8-6-14(7-9-16)20-17-10-11-25(13-18(17)24-28-20)19(26)12-23-21(27)15-4-2-1-3-5-15/h1-9H,10-13H2,(H,23,27). The first-order valence-corrected chi connectivity index (χ1v) is 9.34. The molecule has 28 heavy (non-hydrogen) atoms. The molecule has 1 aliphatic rings. The summed E-state index contributed by atoms with van der Waals surface area (Å²) in [5, 5.41) is 7.47. The van der Waals surface area contributed by atoms with Crippen LogP contribution in [-0.4, -0.2) is 35.0 Å². The first kappa shape index (κ1) is 18.3. The van der Waals surface area contributed by atoms with Gasteiger partial charge in [-0.2, -0.15) is 0 Å². The number of hydrogen-bond donors (Lipinski definition) is 1. The quantitative estimate of drug-likeness (QED) is 0.735. The predicted octanol–water partition coefficient (Wildman–Crippen LogP) is 3.31. The average molecular weight is 396 g/mol. The van der Waals surface area contributed by atoms with Gasteiger partial charge in [-0.3, -0.25) is 9.59 Å². The van der Waals surface area contributed by atoms with Crippen LogP contribution in [0.2, 0.25) is 5.02 Å². The molecule has 0 saturated heterocycles. The minimum atomic E-state index is -0.266. The van der Waals surface area contributed by atoms with Crippen LogP contribution in [0, 0.1) is 0 Å². The fraction of sp³-hybridized carbons (Fsp3) is 0.190. The summed E-state index contributed by atoms with van der Waals surface area (Å²) in [6, 6.07) is 16.2. The maximum atomic E-state index is 12.5. The number of hydrogen-bond acceptors (Lipinski definition) is 4. The minimum absolute atomic E-state index is 0.0506. The van der Waals surface area contributed by atoms with E-state index in [0.29, 0.717) is 30.1 Å². The number of carbonyl (C=O) groups is 2. The Morgan fingerprint density at radius 3 is 2.61 bits per heavy atom. The lowest BCUT2D eigenvalue weighted by Crippen LogP contribution is -2.42. The minimum Gasteiger partial charge on any atom is -0.356 e. The number of fused-ring (bicyclic) bond motifs is 1. The Labute approximate surface area is 167 Å². The lowest BCUT2D eigenvalue weighted by atomic mass is 10.0. The van der Waals surface area contributed by atoms with Gasteiger partial charge in [0.1, 0.15) is 5.69 Å². The molecule has 0 spiro atoms. The Bertz CT molecular complexity index is 999. The molecule has 0 aliphatic carbocycles. The van der Waals surface area contributed by atoms with E-state index in [1.807, 2.05) is 18.2 Å². The van der Waals surface area contributed by atoms with Gasteiger partial charge in [-0.15, -0.1) is 0 Å². The van der Waals surface area contributed by atoms with E-state index >= 15 is 0 Å². The highest BCUT2D eigenvalue weighted by atomic mass is 35.5. The third-order valence-electron chi connectivity index (χ3n) is 4.74. The smallest absolute Gasteiger partial charge is 0.251 e. The Morgan fingerprint density at radius 1 is 1.11 bits per heavy atom. The molecule has 1 N–H and O–H groups in total. The second-order valence-corrected chi connectivity index (χ2v) is 6.99. The summed E-state index contributed by atoms with van der Waals surface area (Å²) in [6.45, 7) is 0.867. The van der Waals surface area contributed by atoms with Gasteiger partial charge < -0.3 is 14.7 Å². The first-order valence-electron chi connectivity index (χ1n) is 8.96. The van der Waals surface area contributed by atoms with Crippen molar-refractivity contribution in [2.24, 2.45) is 0 Å². The molecule has 0 unspecified atom stereocenters. The van der Waals surface area contributed by atoms with E-state index < -0.39 is 0 Å².